The van der Waals surface area contributed by atoms with Crippen molar-refractivity contribution in [2.24, 2.45) is 0 Å². The zero-order chi connectivity index (χ0) is 15.4. The maximum Gasteiger partial charge on any atom is 0.272 e. The summed E-state index contributed by atoms with van der Waals surface area (Å²) < 4.78 is 0. The molecule has 0 atom stereocenters. The van der Waals surface area contributed by atoms with Crippen molar-refractivity contribution in [1.82, 2.24) is 9.80 Å². The summed E-state index contributed by atoms with van der Waals surface area (Å²) in [5.74, 6) is 0.522. The van der Waals surface area contributed by atoms with E-state index in [1.807, 2.05) is 0 Å². The van der Waals surface area contributed by atoms with E-state index in [4.69, 9.17) is 11.6 Å². The lowest BCUT2D eigenvalue weighted by Crippen LogP contribution is -2.49. The summed E-state index contributed by atoms with van der Waals surface area (Å²) in [4.78, 5) is 26.8. The van der Waals surface area contributed by atoms with E-state index in [2.05, 4.69) is 4.90 Å². The molecule has 1 fully saturated rings. The number of benzene rings is 1. The van der Waals surface area contributed by atoms with E-state index in [1.165, 1.54) is 12.1 Å². The van der Waals surface area contributed by atoms with E-state index in [0.717, 1.165) is 19.6 Å². The quantitative estimate of drug-likeness (QED) is 0.484. The van der Waals surface area contributed by atoms with E-state index in [0.29, 0.717) is 30.1 Å². The minimum Gasteiger partial charge on any atom is -0.336 e. The fourth-order valence-corrected chi connectivity index (χ4v) is 2.71. The van der Waals surface area contributed by atoms with Gasteiger partial charge in [-0.2, -0.15) is 0 Å². The summed E-state index contributed by atoms with van der Waals surface area (Å²) in [7, 11) is 0. The van der Waals surface area contributed by atoms with Gasteiger partial charge < -0.3 is 4.90 Å². The average Bonchev–Trinajstić information content (AvgIpc) is 2.47. The molecule has 0 N–H and O–H groups in total. The van der Waals surface area contributed by atoms with Crippen LogP contribution in [0.4, 0.5) is 5.69 Å². The highest BCUT2D eigenvalue weighted by Gasteiger charge is 2.23. The van der Waals surface area contributed by atoms with Gasteiger partial charge in [0.2, 0.25) is 0 Å². The number of halogens is 1. The maximum atomic E-state index is 12.4. The van der Waals surface area contributed by atoms with Crippen LogP contribution >= 0.6 is 11.6 Å². The molecule has 21 heavy (non-hydrogen) atoms. The second-order valence-electron chi connectivity index (χ2n) is 5.08. The van der Waals surface area contributed by atoms with Crippen LogP contribution in [0.3, 0.4) is 0 Å². The number of nitro groups is 1. The Bertz CT molecular complexity index is 542. The minimum atomic E-state index is -0.436. The van der Waals surface area contributed by atoms with Crippen molar-refractivity contribution in [3.8, 4) is 0 Å². The van der Waals surface area contributed by atoms with E-state index in [-0.39, 0.29) is 11.6 Å². The molecule has 1 heterocycles. The van der Waals surface area contributed by atoms with E-state index in [9.17, 15) is 14.9 Å². The van der Waals surface area contributed by atoms with Gasteiger partial charge in [-0.25, -0.2) is 0 Å². The number of carbonyl (C=O) groups excluding carboxylic acids is 1. The Morgan fingerprint density at radius 3 is 2.52 bits per heavy atom. The first-order chi connectivity index (χ1) is 10.0. The first-order valence-corrected chi connectivity index (χ1v) is 7.39. The Morgan fingerprint density at radius 1 is 1.33 bits per heavy atom. The zero-order valence-corrected chi connectivity index (χ0v) is 12.7. The molecular weight excluding hydrogens is 294 g/mol. The second-order valence-corrected chi connectivity index (χ2v) is 5.46. The van der Waals surface area contributed by atoms with Crippen LogP contribution in [-0.4, -0.2) is 59.2 Å². The van der Waals surface area contributed by atoms with E-state index in [1.54, 1.807) is 17.9 Å². The molecule has 1 aliphatic rings. The van der Waals surface area contributed by atoms with Crippen molar-refractivity contribution in [1.29, 1.82) is 0 Å². The summed E-state index contributed by atoms with van der Waals surface area (Å²) in [5.41, 5.74) is 1.05. The molecule has 1 saturated heterocycles. The molecule has 0 saturated carbocycles. The van der Waals surface area contributed by atoms with Gasteiger partial charge in [0.1, 0.15) is 0 Å². The Balaban J connectivity index is 2.04. The molecule has 6 nitrogen and oxygen atoms in total. The van der Waals surface area contributed by atoms with Gasteiger partial charge >= 0.3 is 0 Å². The summed E-state index contributed by atoms with van der Waals surface area (Å²) in [6, 6.07) is 4.51. The van der Waals surface area contributed by atoms with Gasteiger partial charge in [-0.3, -0.25) is 19.8 Å². The Labute approximate surface area is 128 Å². The normalized spacial score (nSPS) is 16.0. The van der Waals surface area contributed by atoms with Gasteiger partial charge in [0, 0.05) is 55.8 Å². The van der Waals surface area contributed by atoms with Crippen LogP contribution in [0, 0.1) is 17.0 Å². The van der Waals surface area contributed by atoms with Crippen LogP contribution in [-0.2, 0) is 0 Å². The maximum absolute atomic E-state index is 12.4. The number of carbonyl (C=O) groups is 1. The number of hydrogen-bond acceptors (Lipinski definition) is 4. The van der Waals surface area contributed by atoms with Crippen LogP contribution in [0.15, 0.2) is 18.2 Å². The summed E-state index contributed by atoms with van der Waals surface area (Å²) in [5, 5.41) is 10.8. The van der Waals surface area contributed by atoms with Crippen molar-refractivity contribution in [3.05, 3.63) is 39.4 Å². The first kappa shape index (κ1) is 15.7. The molecule has 1 aliphatic heterocycles. The Hall–Kier alpha value is -1.66. The van der Waals surface area contributed by atoms with E-state index < -0.39 is 4.92 Å². The van der Waals surface area contributed by atoms with Crippen LogP contribution in [0.25, 0.3) is 0 Å². The molecule has 1 aromatic rings. The third-order valence-electron chi connectivity index (χ3n) is 3.70. The number of nitro benzene ring substituents is 1. The van der Waals surface area contributed by atoms with Gasteiger partial charge in [-0.05, 0) is 19.1 Å². The van der Waals surface area contributed by atoms with Crippen LogP contribution in [0.5, 0.6) is 0 Å². The topological polar surface area (TPSA) is 66.7 Å². The molecule has 114 valence electrons. The second kappa shape index (κ2) is 6.87. The third kappa shape index (κ3) is 3.71. The predicted octanol–water partition coefficient (Wildman–Crippen LogP) is 1.90. The lowest BCUT2D eigenvalue weighted by Gasteiger charge is -2.34. The highest BCUT2D eigenvalue weighted by molar-refractivity contribution is 6.18. The first-order valence-electron chi connectivity index (χ1n) is 6.85. The molecular formula is C14H18ClN3O3. The number of alkyl halides is 1. The largest absolute Gasteiger partial charge is 0.336 e. The van der Waals surface area contributed by atoms with Crippen molar-refractivity contribution in [2.45, 2.75) is 6.92 Å². The number of nitrogens with zero attached hydrogens (tertiary/aromatic N) is 3. The Kier molecular flexibility index (Phi) is 5.14. The molecule has 0 aromatic heterocycles. The monoisotopic (exact) mass is 311 g/mol. The van der Waals surface area contributed by atoms with Crippen molar-refractivity contribution in [2.75, 3.05) is 38.6 Å². The standard InChI is InChI=1S/C14H18ClN3O3/c1-11-10-12(2-3-13(11)18(20)21)14(19)17-8-6-16(5-4-15)7-9-17/h2-3,10H,4-9H2,1H3. The van der Waals surface area contributed by atoms with Crippen LogP contribution in [0.1, 0.15) is 15.9 Å². The number of rotatable bonds is 4. The fraction of sp³-hybridized carbons (Fsp3) is 0.500. The molecule has 1 amide bonds. The molecule has 2 rings (SSSR count). The van der Waals surface area contributed by atoms with Gasteiger partial charge in [0.15, 0.2) is 0 Å². The number of hydrogen-bond donors (Lipinski definition) is 0. The van der Waals surface area contributed by atoms with Crippen molar-refractivity contribution < 1.29 is 9.72 Å². The molecule has 7 heteroatoms. The van der Waals surface area contributed by atoms with Crippen LogP contribution < -0.4 is 0 Å². The third-order valence-corrected chi connectivity index (χ3v) is 3.87. The smallest absolute Gasteiger partial charge is 0.272 e. The zero-order valence-electron chi connectivity index (χ0n) is 11.9. The predicted molar refractivity (Wildman–Crippen MR) is 80.9 cm³/mol. The van der Waals surface area contributed by atoms with E-state index >= 15 is 0 Å². The highest BCUT2D eigenvalue weighted by atomic mass is 35.5. The van der Waals surface area contributed by atoms with Gasteiger partial charge in [-0.1, -0.05) is 0 Å². The minimum absolute atomic E-state index is 0.0403. The molecule has 0 aliphatic carbocycles. The Morgan fingerprint density at radius 2 is 2.00 bits per heavy atom. The van der Waals surface area contributed by atoms with Gasteiger partial charge in [-0.15, -0.1) is 11.6 Å². The molecule has 1 aromatic carbocycles. The van der Waals surface area contributed by atoms with Gasteiger partial charge in [0.25, 0.3) is 11.6 Å². The molecule has 0 spiro atoms. The van der Waals surface area contributed by atoms with Crippen molar-refractivity contribution in [3.63, 3.8) is 0 Å². The molecule has 0 unspecified atom stereocenters. The SMILES string of the molecule is Cc1cc(C(=O)N2CCN(CCCl)CC2)ccc1[N+](=O)[O-]. The van der Waals surface area contributed by atoms with Gasteiger partial charge in [0.05, 0.1) is 4.92 Å². The summed E-state index contributed by atoms with van der Waals surface area (Å²) >= 11 is 5.71. The number of piperazine rings is 1. The van der Waals surface area contributed by atoms with Crippen molar-refractivity contribution >= 4 is 23.2 Å². The summed E-state index contributed by atoms with van der Waals surface area (Å²) in [6.45, 7) is 5.42. The van der Waals surface area contributed by atoms with Crippen LogP contribution in [0.2, 0.25) is 0 Å². The lowest BCUT2D eigenvalue weighted by molar-refractivity contribution is -0.385. The molecule has 0 radical (unpaired) electrons. The highest BCUT2D eigenvalue weighted by Crippen LogP contribution is 2.20. The fourth-order valence-electron chi connectivity index (χ4n) is 2.47. The number of aryl methyl sites for hydroxylation is 1. The lowest BCUT2D eigenvalue weighted by atomic mass is 10.1. The summed E-state index contributed by atoms with van der Waals surface area (Å²) in [6.07, 6.45) is 0. The average molecular weight is 312 g/mol. The number of amides is 1. The molecule has 0 bridgehead atoms.